The first-order chi connectivity index (χ1) is 16.7. The highest BCUT2D eigenvalue weighted by molar-refractivity contribution is 7.92. The van der Waals surface area contributed by atoms with E-state index in [1.807, 2.05) is 0 Å². The number of hydrogen-bond donors (Lipinski definition) is 8. The van der Waals surface area contributed by atoms with Gasteiger partial charge in [-0.15, -0.1) is 11.3 Å². The molecule has 0 bridgehead atoms. The number of nitrogens with two attached hydrogens (primary N) is 2. The topological polar surface area (TPSA) is 249 Å². The summed E-state index contributed by atoms with van der Waals surface area (Å²) in [6, 6.07) is 0.804. The number of fused-ring (bicyclic) bond motifs is 1. The lowest BCUT2D eigenvalue weighted by Crippen LogP contribution is -2.31. The molecule has 0 saturated carbocycles. The summed E-state index contributed by atoms with van der Waals surface area (Å²) in [5.74, 6) is -4.01. The van der Waals surface area contributed by atoms with Crippen molar-refractivity contribution in [3.05, 3.63) is 17.7 Å². The summed E-state index contributed by atoms with van der Waals surface area (Å²) >= 11 is 0.322. The van der Waals surface area contributed by atoms with Crippen molar-refractivity contribution in [1.29, 1.82) is 10.8 Å². The molecule has 0 amide bonds. The Bertz CT molecular complexity index is 1210. The predicted molar refractivity (Wildman–Crippen MR) is 128 cm³/mol. The van der Waals surface area contributed by atoms with Gasteiger partial charge in [0, 0.05) is 18.5 Å². The van der Waals surface area contributed by atoms with Crippen molar-refractivity contribution in [2.75, 3.05) is 32.6 Å². The van der Waals surface area contributed by atoms with Crippen molar-refractivity contribution in [3.8, 4) is 11.5 Å². The first-order valence-corrected chi connectivity index (χ1v) is 14.2. The van der Waals surface area contributed by atoms with E-state index in [1.54, 1.807) is 4.72 Å². The summed E-state index contributed by atoms with van der Waals surface area (Å²) < 4.78 is 77.8. The molecule has 0 aliphatic carbocycles. The Balaban J connectivity index is 0.00000684. The van der Waals surface area contributed by atoms with Crippen LogP contribution in [0.4, 0.5) is 8.78 Å². The van der Waals surface area contributed by atoms with Crippen LogP contribution in [-0.4, -0.2) is 57.8 Å². The van der Waals surface area contributed by atoms with Crippen molar-refractivity contribution in [2.24, 2.45) is 11.5 Å². The minimum atomic E-state index is -4.98. The average molecular weight is 574 g/mol. The van der Waals surface area contributed by atoms with Crippen molar-refractivity contribution in [2.45, 2.75) is 17.1 Å². The van der Waals surface area contributed by atoms with Gasteiger partial charge in [-0.2, -0.15) is 0 Å². The van der Waals surface area contributed by atoms with Gasteiger partial charge in [0.1, 0.15) is 11.8 Å². The molecule has 1 aromatic heterocycles. The third-order valence-electron chi connectivity index (χ3n) is 4.24. The summed E-state index contributed by atoms with van der Waals surface area (Å²) in [4.78, 5) is 19.7. The molecular formula is C17H26F2N7O7PS2. The minimum Gasteiger partial charge on any atom is -0.778 e. The third-order valence-corrected chi connectivity index (χ3v) is 8.01. The molecule has 0 fully saturated rings. The molecule has 0 spiro atoms. The molecule has 19 heteroatoms. The Labute approximate surface area is 210 Å². The SMILES string of the molecule is N=C(N)NCCCOc1c(OCCCNC(=N)N)c(F)c2sc(S(=O)(=O)NCP(=O)([O-])O)cc2c1F.[H+]. The summed E-state index contributed by atoms with van der Waals surface area (Å²) in [6.07, 6.45) is -0.824. The van der Waals surface area contributed by atoms with Gasteiger partial charge in [0.15, 0.2) is 23.6 Å². The van der Waals surface area contributed by atoms with Crippen LogP contribution in [0.15, 0.2) is 10.3 Å². The third kappa shape index (κ3) is 8.42. The van der Waals surface area contributed by atoms with Crippen LogP contribution < -0.4 is 41.2 Å². The van der Waals surface area contributed by atoms with E-state index >= 15 is 8.78 Å². The first kappa shape index (κ1) is 29.5. The minimum absolute atomic E-state index is 0. The van der Waals surface area contributed by atoms with Gasteiger partial charge < -0.3 is 45.9 Å². The number of rotatable bonds is 14. The fourth-order valence-corrected chi connectivity index (χ4v) is 6.12. The predicted octanol–water partition coefficient (Wildman–Crippen LogP) is -0.423. The molecule has 10 N–H and O–H groups in total. The maximum Gasteiger partial charge on any atom is 1.00 e. The summed E-state index contributed by atoms with van der Waals surface area (Å²) in [7, 11) is -9.52. The Morgan fingerprint density at radius 1 is 1.11 bits per heavy atom. The van der Waals surface area contributed by atoms with Crippen LogP contribution in [0, 0.1) is 22.5 Å². The number of sulfonamides is 1. The van der Waals surface area contributed by atoms with E-state index < -0.39 is 61.3 Å². The van der Waals surface area contributed by atoms with Gasteiger partial charge in [-0.1, -0.05) is 0 Å². The standard InChI is InChI=1S/C17H26F2N7O7PS2/c18-11-9-7-10(36(30,31)26-8-34(27,28)29)35-15(9)12(19)14(33-6-2-4-25-17(22)23)13(11)32-5-1-3-24-16(20)21/h7,26H,1-6,8H2,(H4,20,21,24)(H4,22,23,25)(H2,27,28,29). The molecule has 1 atom stereocenters. The van der Waals surface area contributed by atoms with Gasteiger partial charge in [-0.3, -0.25) is 10.8 Å². The van der Waals surface area contributed by atoms with E-state index in [4.69, 9.17) is 36.7 Å². The normalized spacial score (nSPS) is 13.2. The fraction of sp³-hybridized carbons (Fsp3) is 0.412. The van der Waals surface area contributed by atoms with E-state index in [-0.39, 0.29) is 52.5 Å². The highest BCUT2D eigenvalue weighted by atomic mass is 32.2. The van der Waals surface area contributed by atoms with Gasteiger partial charge >= 0.3 is 1.43 Å². The van der Waals surface area contributed by atoms with Gasteiger partial charge in [0.25, 0.3) is 10.0 Å². The fourth-order valence-electron chi connectivity index (χ4n) is 2.69. The number of guanidine groups is 2. The van der Waals surface area contributed by atoms with Crippen molar-refractivity contribution < 1.29 is 42.5 Å². The largest absolute Gasteiger partial charge is 1.00 e. The second kappa shape index (κ2) is 12.5. The van der Waals surface area contributed by atoms with Crippen LogP contribution >= 0.6 is 18.9 Å². The Morgan fingerprint density at radius 2 is 1.61 bits per heavy atom. The molecule has 2 aromatic rings. The van der Waals surface area contributed by atoms with Crippen LogP contribution in [-0.2, 0) is 14.6 Å². The molecule has 1 unspecified atom stereocenters. The van der Waals surface area contributed by atoms with Crippen LogP contribution in [0.5, 0.6) is 11.5 Å². The van der Waals surface area contributed by atoms with Gasteiger partial charge in [0.05, 0.1) is 24.2 Å². The highest BCUT2D eigenvalue weighted by Crippen LogP contribution is 2.44. The van der Waals surface area contributed by atoms with Crippen molar-refractivity contribution >= 4 is 51.0 Å². The molecule has 0 aliphatic heterocycles. The molecule has 14 nitrogen and oxygen atoms in total. The van der Waals surface area contributed by atoms with E-state index in [9.17, 15) is 17.9 Å². The number of halogens is 2. The number of thiophene rings is 1. The number of hydrogen-bond acceptors (Lipinski definition) is 9. The molecule has 0 radical (unpaired) electrons. The van der Waals surface area contributed by atoms with E-state index in [0.29, 0.717) is 11.3 Å². The molecule has 36 heavy (non-hydrogen) atoms. The monoisotopic (exact) mass is 573 g/mol. The number of benzene rings is 1. The summed E-state index contributed by atoms with van der Waals surface area (Å²) in [5.41, 5.74) is 10.3. The number of nitrogens with one attached hydrogen (secondary N) is 5. The molecule has 202 valence electrons. The molecule has 0 saturated heterocycles. The summed E-state index contributed by atoms with van der Waals surface area (Å²) in [6.45, 7) is 0.125. The Morgan fingerprint density at radius 3 is 2.08 bits per heavy atom. The lowest BCUT2D eigenvalue weighted by molar-refractivity contribution is -0.193. The molecule has 1 aromatic carbocycles. The molecular weight excluding hydrogens is 547 g/mol. The lowest BCUT2D eigenvalue weighted by atomic mass is 10.2. The van der Waals surface area contributed by atoms with Crippen molar-refractivity contribution in [3.63, 3.8) is 0 Å². The molecule has 0 aliphatic rings. The maximum atomic E-state index is 15.4. The Kier molecular flexibility index (Phi) is 10.2. The quantitative estimate of drug-likeness (QED) is 0.0623. The van der Waals surface area contributed by atoms with E-state index in [2.05, 4.69) is 10.6 Å². The smallest absolute Gasteiger partial charge is 0.778 e. The average Bonchev–Trinajstić information content (AvgIpc) is 3.23. The number of ether oxygens (including phenoxy) is 2. The van der Waals surface area contributed by atoms with Gasteiger partial charge in [-0.25, -0.2) is 21.9 Å². The van der Waals surface area contributed by atoms with Crippen molar-refractivity contribution in [1.82, 2.24) is 15.4 Å². The second-order valence-electron chi connectivity index (χ2n) is 7.12. The zero-order chi connectivity index (χ0) is 27.1. The van der Waals surface area contributed by atoms with E-state index in [0.717, 1.165) is 6.07 Å². The van der Waals surface area contributed by atoms with Gasteiger partial charge in [0.2, 0.25) is 11.5 Å². The molecule has 1 heterocycles. The lowest BCUT2D eigenvalue weighted by Gasteiger charge is -2.15. The van der Waals surface area contributed by atoms with Crippen LogP contribution in [0.2, 0.25) is 0 Å². The highest BCUT2D eigenvalue weighted by Gasteiger charge is 2.28. The van der Waals surface area contributed by atoms with Crippen LogP contribution in [0.3, 0.4) is 0 Å². The zero-order valence-electron chi connectivity index (χ0n) is 19.6. The van der Waals surface area contributed by atoms with Gasteiger partial charge in [-0.05, 0) is 18.9 Å². The molecule has 2 rings (SSSR count). The summed E-state index contributed by atoms with van der Waals surface area (Å²) in [5, 5.41) is 18.8. The second-order valence-corrected chi connectivity index (χ2v) is 11.8. The Hall–Kier alpha value is -2.76. The van der Waals surface area contributed by atoms with Crippen LogP contribution in [0.25, 0.3) is 10.1 Å². The zero-order valence-corrected chi connectivity index (χ0v) is 21.1. The van der Waals surface area contributed by atoms with E-state index in [1.165, 1.54) is 0 Å². The first-order valence-electron chi connectivity index (χ1n) is 10.1. The maximum absolute atomic E-state index is 15.4. The van der Waals surface area contributed by atoms with Crippen LogP contribution in [0.1, 0.15) is 14.3 Å².